The summed E-state index contributed by atoms with van der Waals surface area (Å²) >= 11 is 3.40. The van der Waals surface area contributed by atoms with Gasteiger partial charge in [-0.3, -0.25) is 14.3 Å². The van der Waals surface area contributed by atoms with Crippen molar-refractivity contribution in [3.05, 3.63) is 45.7 Å². The van der Waals surface area contributed by atoms with Gasteiger partial charge in [0.1, 0.15) is 0 Å². The van der Waals surface area contributed by atoms with Crippen molar-refractivity contribution in [2.75, 3.05) is 18.4 Å². The molecule has 7 heteroatoms. The Bertz CT molecular complexity index is 792. The highest BCUT2D eigenvalue weighted by Gasteiger charge is 2.19. The Morgan fingerprint density at radius 1 is 1.12 bits per heavy atom. The van der Waals surface area contributed by atoms with Crippen molar-refractivity contribution in [3.8, 4) is 0 Å². The highest BCUT2D eigenvalue weighted by atomic mass is 79.9. The van der Waals surface area contributed by atoms with Crippen LogP contribution in [0.5, 0.6) is 0 Å². The number of hydrogen-bond donors (Lipinski definition) is 1. The summed E-state index contributed by atoms with van der Waals surface area (Å²) in [6, 6.07) is 7.01. The maximum atomic E-state index is 12.5. The van der Waals surface area contributed by atoms with Crippen LogP contribution in [0.4, 0.5) is 5.69 Å². The SMILES string of the molecule is Cc1c(Br)c(C(=O)Nc2ccc(C(=O)N3CCCCC3)cc2)nn1C. The zero-order chi connectivity index (χ0) is 18.0. The highest BCUT2D eigenvalue weighted by molar-refractivity contribution is 9.10. The smallest absolute Gasteiger partial charge is 0.277 e. The Morgan fingerprint density at radius 2 is 1.76 bits per heavy atom. The molecule has 132 valence electrons. The third kappa shape index (κ3) is 3.76. The summed E-state index contributed by atoms with van der Waals surface area (Å²) in [7, 11) is 1.79. The summed E-state index contributed by atoms with van der Waals surface area (Å²) in [6.07, 6.45) is 3.33. The first kappa shape index (κ1) is 17.7. The second-order valence-corrected chi connectivity index (χ2v) is 7.05. The lowest BCUT2D eigenvalue weighted by Crippen LogP contribution is -2.35. The number of aromatic nitrogens is 2. The quantitative estimate of drug-likeness (QED) is 0.852. The van der Waals surface area contributed by atoms with E-state index in [9.17, 15) is 9.59 Å². The summed E-state index contributed by atoms with van der Waals surface area (Å²) in [6.45, 7) is 3.53. The molecule has 0 atom stereocenters. The van der Waals surface area contributed by atoms with E-state index in [1.807, 2.05) is 11.8 Å². The predicted molar refractivity (Wildman–Crippen MR) is 99.8 cm³/mol. The summed E-state index contributed by atoms with van der Waals surface area (Å²) in [5.74, 6) is -0.230. The molecule has 0 bridgehead atoms. The van der Waals surface area contributed by atoms with Gasteiger partial charge in [0.2, 0.25) is 0 Å². The molecule has 2 aromatic rings. The lowest BCUT2D eigenvalue weighted by atomic mass is 10.1. The molecule has 2 heterocycles. The number of benzene rings is 1. The van der Waals surface area contributed by atoms with E-state index in [1.54, 1.807) is 36.0 Å². The summed E-state index contributed by atoms with van der Waals surface area (Å²) in [5.41, 5.74) is 2.51. The number of aryl methyl sites for hydroxylation is 1. The highest BCUT2D eigenvalue weighted by Crippen LogP contribution is 2.21. The molecule has 1 aromatic carbocycles. The van der Waals surface area contributed by atoms with E-state index in [4.69, 9.17) is 0 Å². The van der Waals surface area contributed by atoms with Gasteiger partial charge >= 0.3 is 0 Å². The monoisotopic (exact) mass is 404 g/mol. The normalized spacial score (nSPS) is 14.4. The molecule has 1 aliphatic heterocycles. The van der Waals surface area contributed by atoms with Crippen LogP contribution in [0, 0.1) is 6.92 Å². The summed E-state index contributed by atoms with van der Waals surface area (Å²) in [5, 5.41) is 7.03. The molecule has 0 spiro atoms. The minimum Gasteiger partial charge on any atom is -0.339 e. The maximum absolute atomic E-state index is 12.5. The number of anilines is 1. The van der Waals surface area contributed by atoms with Crippen molar-refractivity contribution in [1.29, 1.82) is 0 Å². The lowest BCUT2D eigenvalue weighted by molar-refractivity contribution is 0.0724. The van der Waals surface area contributed by atoms with Gasteiger partial charge in [-0.1, -0.05) is 0 Å². The molecule has 0 aliphatic carbocycles. The summed E-state index contributed by atoms with van der Waals surface area (Å²) in [4.78, 5) is 26.7. The Morgan fingerprint density at radius 3 is 2.32 bits per heavy atom. The van der Waals surface area contributed by atoms with Crippen LogP contribution in [0.15, 0.2) is 28.7 Å². The Kier molecular flexibility index (Phi) is 5.22. The Balaban J connectivity index is 1.69. The van der Waals surface area contributed by atoms with Gasteiger partial charge in [-0.2, -0.15) is 5.10 Å². The molecule has 6 nitrogen and oxygen atoms in total. The van der Waals surface area contributed by atoms with Gasteiger partial charge in [-0.05, 0) is 66.4 Å². The maximum Gasteiger partial charge on any atom is 0.277 e. The van der Waals surface area contributed by atoms with E-state index in [-0.39, 0.29) is 11.8 Å². The Labute approximate surface area is 155 Å². The van der Waals surface area contributed by atoms with Crippen LogP contribution in [-0.2, 0) is 7.05 Å². The fraction of sp³-hybridized carbons (Fsp3) is 0.389. The zero-order valence-corrected chi connectivity index (χ0v) is 16.0. The van der Waals surface area contributed by atoms with Crippen LogP contribution >= 0.6 is 15.9 Å². The van der Waals surface area contributed by atoms with E-state index in [2.05, 4.69) is 26.3 Å². The topological polar surface area (TPSA) is 67.2 Å². The third-order valence-electron chi connectivity index (χ3n) is 4.51. The number of nitrogens with zero attached hydrogens (tertiary/aromatic N) is 3. The molecule has 1 aliphatic rings. The minimum absolute atomic E-state index is 0.0562. The number of likely N-dealkylation sites (tertiary alicyclic amines) is 1. The van der Waals surface area contributed by atoms with Crippen molar-refractivity contribution in [2.45, 2.75) is 26.2 Å². The van der Waals surface area contributed by atoms with Gasteiger partial charge in [0, 0.05) is 31.4 Å². The molecule has 1 saturated heterocycles. The van der Waals surface area contributed by atoms with Gasteiger partial charge in [-0.25, -0.2) is 0 Å². The van der Waals surface area contributed by atoms with E-state index >= 15 is 0 Å². The molecule has 1 N–H and O–H groups in total. The van der Waals surface area contributed by atoms with Gasteiger partial charge in [0.15, 0.2) is 5.69 Å². The predicted octanol–water partition coefficient (Wildman–Crippen LogP) is 3.37. The van der Waals surface area contributed by atoms with Crippen molar-refractivity contribution in [1.82, 2.24) is 14.7 Å². The number of amides is 2. The van der Waals surface area contributed by atoms with E-state index < -0.39 is 0 Å². The second kappa shape index (κ2) is 7.39. The first-order chi connectivity index (χ1) is 12.0. The molecular weight excluding hydrogens is 384 g/mol. The largest absolute Gasteiger partial charge is 0.339 e. The van der Waals surface area contributed by atoms with Gasteiger partial charge < -0.3 is 10.2 Å². The van der Waals surface area contributed by atoms with Gasteiger partial charge in [0.25, 0.3) is 11.8 Å². The van der Waals surface area contributed by atoms with Crippen LogP contribution in [-0.4, -0.2) is 39.6 Å². The van der Waals surface area contributed by atoms with Gasteiger partial charge in [0.05, 0.1) is 10.2 Å². The molecule has 0 unspecified atom stereocenters. The minimum atomic E-state index is -0.286. The number of hydrogen-bond acceptors (Lipinski definition) is 3. The van der Waals surface area contributed by atoms with Crippen LogP contribution < -0.4 is 5.32 Å². The molecule has 25 heavy (non-hydrogen) atoms. The van der Waals surface area contributed by atoms with Crippen molar-refractivity contribution in [2.24, 2.45) is 7.05 Å². The fourth-order valence-electron chi connectivity index (χ4n) is 2.89. The van der Waals surface area contributed by atoms with Crippen molar-refractivity contribution in [3.63, 3.8) is 0 Å². The van der Waals surface area contributed by atoms with Crippen LogP contribution in [0.1, 0.15) is 45.8 Å². The molecule has 0 saturated carbocycles. The number of rotatable bonds is 3. The van der Waals surface area contributed by atoms with Crippen molar-refractivity contribution < 1.29 is 9.59 Å². The van der Waals surface area contributed by atoms with Crippen molar-refractivity contribution >= 4 is 33.4 Å². The number of piperidine rings is 1. The summed E-state index contributed by atoms with van der Waals surface area (Å²) < 4.78 is 2.34. The average molecular weight is 405 g/mol. The van der Waals surface area contributed by atoms with Crippen LogP contribution in [0.25, 0.3) is 0 Å². The molecular formula is C18H21BrN4O2. The Hall–Kier alpha value is -2.15. The third-order valence-corrected chi connectivity index (χ3v) is 5.46. The molecule has 2 amide bonds. The number of nitrogens with one attached hydrogen (secondary N) is 1. The average Bonchev–Trinajstić information content (AvgIpc) is 2.90. The standard InChI is InChI=1S/C18H21BrN4O2/c1-12-15(19)16(21-22(12)2)17(24)20-14-8-6-13(7-9-14)18(25)23-10-4-3-5-11-23/h6-9H,3-5,10-11H2,1-2H3,(H,20,24). The number of carbonyl (C=O) groups is 2. The van der Waals surface area contributed by atoms with Crippen LogP contribution in [0.2, 0.25) is 0 Å². The molecule has 0 radical (unpaired) electrons. The number of halogens is 1. The number of carbonyl (C=O) groups excluding carboxylic acids is 2. The van der Waals surface area contributed by atoms with Gasteiger partial charge in [-0.15, -0.1) is 0 Å². The van der Waals surface area contributed by atoms with Crippen LogP contribution in [0.3, 0.4) is 0 Å². The first-order valence-corrected chi connectivity index (χ1v) is 9.16. The molecule has 3 rings (SSSR count). The van der Waals surface area contributed by atoms with E-state index in [0.717, 1.165) is 31.6 Å². The lowest BCUT2D eigenvalue weighted by Gasteiger charge is -2.26. The molecule has 1 fully saturated rings. The fourth-order valence-corrected chi connectivity index (χ4v) is 3.41. The van der Waals surface area contributed by atoms with E-state index in [1.165, 1.54) is 6.42 Å². The zero-order valence-electron chi connectivity index (χ0n) is 14.4. The molecule has 1 aromatic heterocycles. The van der Waals surface area contributed by atoms with E-state index in [0.29, 0.717) is 21.4 Å². The second-order valence-electron chi connectivity index (χ2n) is 6.26. The first-order valence-electron chi connectivity index (χ1n) is 8.37.